The lowest BCUT2D eigenvalue weighted by atomic mass is 10.1. The summed E-state index contributed by atoms with van der Waals surface area (Å²) in [6, 6.07) is 13.8. The first kappa shape index (κ1) is 25.5. The molecule has 0 spiro atoms. The van der Waals surface area contributed by atoms with E-state index in [0.717, 1.165) is 18.6 Å². The number of benzene rings is 2. The Morgan fingerprint density at radius 1 is 0.971 bits per heavy atom. The van der Waals surface area contributed by atoms with Gasteiger partial charge in [-0.05, 0) is 75.6 Å². The number of carbonyl (C=O) groups excluding carboxylic acids is 2. The van der Waals surface area contributed by atoms with Crippen molar-refractivity contribution in [2.45, 2.75) is 45.8 Å². The van der Waals surface area contributed by atoms with Gasteiger partial charge in [0.2, 0.25) is 5.91 Å². The maximum atomic E-state index is 13.0. The second-order valence-corrected chi connectivity index (χ2v) is 9.02. The van der Waals surface area contributed by atoms with E-state index in [1.165, 1.54) is 29.8 Å². The third-order valence-corrected chi connectivity index (χ3v) is 5.69. The van der Waals surface area contributed by atoms with Gasteiger partial charge >= 0.3 is 6.03 Å². The van der Waals surface area contributed by atoms with E-state index in [9.17, 15) is 14.0 Å². The van der Waals surface area contributed by atoms with E-state index in [2.05, 4.69) is 22.8 Å². The van der Waals surface area contributed by atoms with Gasteiger partial charge in [-0.25, -0.2) is 9.18 Å². The topological polar surface area (TPSA) is 73.9 Å². The molecule has 2 aromatic rings. The number of halogens is 1. The van der Waals surface area contributed by atoms with Crippen molar-refractivity contribution in [3.63, 3.8) is 0 Å². The van der Waals surface area contributed by atoms with Gasteiger partial charge in [0, 0.05) is 37.9 Å². The summed E-state index contributed by atoms with van der Waals surface area (Å²) >= 11 is 0. The van der Waals surface area contributed by atoms with Crippen molar-refractivity contribution < 1.29 is 18.7 Å². The summed E-state index contributed by atoms with van der Waals surface area (Å²) in [5.74, 6) is 0.377. The molecule has 3 amide bonds. The van der Waals surface area contributed by atoms with Crippen LogP contribution in [0, 0.1) is 5.82 Å². The van der Waals surface area contributed by atoms with Gasteiger partial charge < -0.3 is 20.3 Å². The maximum absolute atomic E-state index is 13.0. The number of aryl methyl sites for hydroxylation is 1. The summed E-state index contributed by atoms with van der Waals surface area (Å²) in [7, 11) is 0. The number of nitrogens with zero attached hydrogens (tertiary/aromatic N) is 2. The van der Waals surface area contributed by atoms with Crippen LogP contribution in [0.15, 0.2) is 48.5 Å². The third-order valence-electron chi connectivity index (χ3n) is 5.69. The molecule has 0 aliphatic carbocycles. The van der Waals surface area contributed by atoms with Crippen LogP contribution < -0.4 is 15.4 Å². The molecule has 2 aromatic carbocycles. The molecule has 0 radical (unpaired) electrons. The molecule has 7 nitrogen and oxygen atoms in total. The van der Waals surface area contributed by atoms with Gasteiger partial charge in [0.1, 0.15) is 11.6 Å². The second kappa shape index (κ2) is 12.4. The fourth-order valence-electron chi connectivity index (χ4n) is 3.81. The highest BCUT2D eigenvalue weighted by atomic mass is 19.1. The van der Waals surface area contributed by atoms with Gasteiger partial charge in [-0.1, -0.05) is 12.1 Å². The van der Waals surface area contributed by atoms with Crippen molar-refractivity contribution in [2.24, 2.45) is 0 Å². The zero-order chi connectivity index (χ0) is 24.5. The van der Waals surface area contributed by atoms with E-state index in [-0.39, 0.29) is 36.4 Å². The molecular formula is C26H35FN4O3. The van der Waals surface area contributed by atoms with Gasteiger partial charge in [0.25, 0.3) is 0 Å². The van der Waals surface area contributed by atoms with E-state index >= 15 is 0 Å². The number of hydrogen-bond acceptors (Lipinski definition) is 4. The monoisotopic (exact) mass is 470 g/mol. The summed E-state index contributed by atoms with van der Waals surface area (Å²) in [5.41, 5.74) is 1.78. The molecule has 1 unspecified atom stereocenters. The van der Waals surface area contributed by atoms with Crippen LogP contribution in [0.4, 0.5) is 14.9 Å². The molecule has 2 N–H and O–H groups in total. The molecular weight excluding hydrogens is 435 g/mol. The Morgan fingerprint density at radius 2 is 1.62 bits per heavy atom. The Bertz CT molecular complexity index is 926. The normalized spacial score (nSPS) is 15.1. The van der Waals surface area contributed by atoms with Crippen molar-refractivity contribution in [1.82, 2.24) is 15.1 Å². The first-order chi connectivity index (χ1) is 16.3. The fourth-order valence-corrected chi connectivity index (χ4v) is 3.81. The number of hydrogen-bond donors (Lipinski definition) is 2. The standard InChI is InChI=1S/C26H35FN4O3/c1-19(2)34-24-12-6-21(7-13-24)5-4-20(3)28-26(33)31-16-14-30(15-17-31)18-25(32)29-23-10-8-22(27)9-11-23/h6-13,19-20H,4-5,14-18H2,1-3H3,(H,28,33)(H,29,32). The predicted molar refractivity (Wildman–Crippen MR) is 132 cm³/mol. The Balaban J connectivity index is 1.34. The van der Waals surface area contributed by atoms with Crippen LogP contribution in [0.3, 0.4) is 0 Å². The van der Waals surface area contributed by atoms with Crippen LogP contribution in [0.2, 0.25) is 0 Å². The molecule has 1 aliphatic heterocycles. The quantitative estimate of drug-likeness (QED) is 0.583. The lowest BCUT2D eigenvalue weighted by Gasteiger charge is -2.34. The highest BCUT2D eigenvalue weighted by Gasteiger charge is 2.23. The molecule has 1 fully saturated rings. The minimum absolute atomic E-state index is 0.0543. The van der Waals surface area contributed by atoms with E-state index in [1.54, 1.807) is 4.90 Å². The molecule has 3 rings (SSSR count). The van der Waals surface area contributed by atoms with Crippen LogP contribution >= 0.6 is 0 Å². The lowest BCUT2D eigenvalue weighted by Crippen LogP contribution is -2.54. The summed E-state index contributed by atoms with van der Waals surface area (Å²) in [4.78, 5) is 28.7. The Kier molecular flexibility index (Phi) is 9.27. The Labute approximate surface area is 201 Å². The van der Waals surface area contributed by atoms with E-state index in [4.69, 9.17) is 4.74 Å². The molecule has 8 heteroatoms. The van der Waals surface area contributed by atoms with Gasteiger partial charge in [0.15, 0.2) is 0 Å². The third kappa shape index (κ3) is 8.33. The van der Waals surface area contributed by atoms with Crippen LogP contribution in [-0.4, -0.2) is 66.6 Å². The average molecular weight is 471 g/mol. The van der Waals surface area contributed by atoms with Crippen molar-refractivity contribution >= 4 is 17.6 Å². The highest BCUT2D eigenvalue weighted by molar-refractivity contribution is 5.92. The van der Waals surface area contributed by atoms with E-state index in [0.29, 0.717) is 31.9 Å². The number of anilines is 1. The molecule has 0 bridgehead atoms. The molecule has 1 saturated heterocycles. The van der Waals surface area contributed by atoms with E-state index < -0.39 is 0 Å². The first-order valence-corrected chi connectivity index (χ1v) is 11.9. The van der Waals surface area contributed by atoms with Crippen LogP contribution in [-0.2, 0) is 11.2 Å². The molecule has 1 heterocycles. The van der Waals surface area contributed by atoms with Crippen molar-refractivity contribution in [3.8, 4) is 5.75 Å². The SMILES string of the molecule is CC(CCc1ccc(OC(C)C)cc1)NC(=O)N1CCN(CC(=O)Nc2ccc(F)cc2)CC1. The molecule has 0 saturated carbocycles. The summed E-state index contributed by atoms with van der Waals surface area (Å²) in [6.45, 7) is 8.66. The van der Waals surface area contributed by atoms with Crippen LogP contribution in [0.1, 0.15) is 32.8 Å². The summed E-state index contributed by atoms with van der Waals surface area (Å²) < 4.78 is 18.7. The number of carbonyl (C=O) groups is 2. The number of ether oxygens (including phenoxy) is 1. The van der Waals surface area contributed by atoms with Crippen molar-refractivity contribution in [3.05, 3.63) is 59.9 Å². The molecule has 1 aliphatic rings. The zero-order valence-electron chi connectivity index (χ0n) is 20.2. The summed E-state index contributed by atoms with van der Waals surface area (Å²) in [6.07, 6.45) is 1.88. The van der Waals surface area contributed by atoms with Crippen molar-refractivity contribution in [2.75, 3.05) is 38.0 Å². The van der Waals surface area contributed by atoms with Gasteiger partial charge in [-0.2, -0.15) is 0 Å². The second-order valence-electron chi connectivity index (χ2n) is 9.02. The van der Waals surface area contributed by atoms with Crippen LogP contribution in [0.5, 0.6) is 5.75 Å². The van der Waals surface area contributed by atoms with Crippen molar-refractivity contribution in [1.29, 1.82) is 0 Å². The highest BCUT2D eigenvalue weighted by Crippen LogP contribution is 2.15. The molecule has 34 heavy (non-hydrogen) atoms. The first-order valence-electron chi connectivity index (χ1n) is 11.9. The predicted octanol–water partition coefficient (Wildman–Crippen LogP) is 3.90. The van der Waals surface area contributed by atoms with Gasteiger partial charge in [-0.3, -0.25) is 9.69 Å². The maximum Gasteiger partial charge on any atom is 0.317 e. The number of rotatable bonds is 9. The smallest absolute Gasteiger partial charge is 0.317 e. The minimum Gasteiger partial charge on any atom is -0.491 e. The van der Waals surface area contributed by atoms with Gasteiger partial charge in [0.05, 0.1) is 12.6 Å². The average Bonchev–Trinajstić information content (AvgIpc) is 2.80. The largest absolute Gasteiger partial charge is 0.491 e. The zero-order valence-corrected chi connectivity index (χ0v) is 20.2. The number of piperazine rings is 1. The molecule has 0 aromatic heterocycles. The number of amides is 3. The summed E-state index contributed by atoms with van der Waals surface area (Å²) in [5, 5.41) is 5.85. The Hall–Kier alpha value is -3.13. The van der Waals surface area contributed by atoms with E-state index in [1.807, 2.05) is 37.8 Å². The fraction of sp³-hybridized carbons (Fsp3) is 0.462. The van der Waals surface area contributed by atoms with Crippen LogP contribution in [0.25, 0.3) is 0 Å². The molecule has 184 valence electrons. The number of nitrogens with one attached hydrogen (secondary N) is 2. The number of urea groups is 1. The molecule has 1 atom stereocenters. The minimum atomic E-state index is -0.340. The van der Waals surface area contributed by atoms with Gasteiger partial charge in [-0.15, -0.1) is 0 Å². The lowest BCUT2D eigenvalue weighted by molar-refractivity contribution is -0.117. The Morgan fingerprint density at radius 3 is 2.24 bits per heavy atom.